The Bertz CT molecular complexity index is 1960. The first-order valence-electron chi connectivity index (χ1n) is 20.1. The van der Waals surface area contributed by atoms with E-state index in [1.54, 1.807) is 9.96 Å². The van der Waals surface area contributed by atoms with Crippen LogP contribution in [0.3, 0.4) is 0 Å². The van der Waals surface area contributed by atoms with Gasteiger partial charge in [0.05, 0.1) is 25.4 Å². The second-order valence-electron chi connectivity index (χ2n) is 16.3. The first-order valence-corrected chi connectivity index (χ1v) is 20.1. The zero-order valence-corrected chi connectivity index (χ0v) is 31.1. The molecule has 7 aliphatic rings. The molecule has 56 heavy (non-hydrogen) atoms. The molecule has 3 aromatic rings. The van der Waals surface area contributed by atoms with E-state index in [-0.39, 0.29) is 37.9 Å². The Balaban J connectivity index is 0.998. The number of ether oxygens (including phenoxy) is 4. The van der Waals surface area contributed by atoms with Crippen LogP contribution in [0.2, 0.25) is 0 Å². The van der Waals surface area contributed by atoms with Gasteiger partial charge in [-0.15, -0.1) is 0 Å². The van der Waals surface area contributed by atoms with Gasteiger partial charge in [0.25, 0.3) is 0 Å². The number of benzene rings is 3. The summed E-state index contributed by atoms with van der Waals surface area (Å²) in [5.41, 5.74) is 2.07. The highest BCUT2D eigenvalue weighted by Crippen LogP contribution is 2.60. The molecular weight excluding hydrogens is 714 g/mol. The van der Waals surface area contributed by atoms with E-state index in [4.69, 9.17) is 23.8 Å². The standard InChI is InChI=1S/C44H47N3O9/c48-23-21-45-40(49)32-12-7-22-46(32)42(51)43-25-35-36-37(55-44(54-36,30-8-3-1-4-9-30)31-10-5-2-6-11-31)39(43)56-47(38(43)41(50)53-35)26-29-17-14-27(15-18-29)13-16-28-19-20-33-34(24-28)52-33/h1-6,8-11,13-18,28,32-39,48H,7,12,19-26H2,(H,45,49)/t28?,32-,33?,34?,35-,36+,37+,38+,39-,43+/m1/s1. The van der Waals surface area contributed by atoms with Crippen molar-refractivity contribution >= 4 is 23.9 Å². The van der Waals surface area contributed by atoms with Crippen molar-refractivity contribution in [3.63, 3.8) is 0 Å². The summed E-state index contributed by atoms with van der Waals surface area (Å²) < 4.78 is 26.1. The molecule has 2 aliphatic carbocycles. The lowest BCUT2D eigenvalue weighted by Crippen LogP contribution is -2.70. The fourth-order valence-corrected chi connectivity index (χ4v) is 10.3. The number of nitrogens with one attached hydrogen (secondary N) is 1. The van der Waals surface area contributed by atoms with Crippen LogP contribution in [0.25, 0.3) is 6.08 Å². The summed E-state index contributed by atoms with van der Waals surface area (Å²) in [5, 5.41) is 13.8. The fraction of sp³-hybridized carbons (Fsp3) is 0.477. The normalized spacial score (nSPS) is 35.2. The quantitative estimate of drug-likeness (QED) is 0.232. The molecule has 5 aliphatic heterocycles. The van der Waals surface area contributed by atoms with Gasteiger partial charge in [0.2, 0.25) is 17.6 Å². The number of rotatable bonds is 10. The molecule has 5 saturated heterocycles. The van der Waals surface area contributed by atoms with Crippen LogP contribution in [-0.2, 0) is 50.5 Å². The first-order chi connectivity index (χ1) is 27.4. The molecule has 0 aromatic heterocycles. The van der Waals surface area contributed by atoms with Gasteiger partial charge >= 0.3 is 5.97 Å². The number of amides is 2. The van der Waals surface area contributed by atoms with Crippen LogP contribution in [0.5, 0.6) is 0 Å². The third kappa shape index (κ3) is 5.92. The maximum absolute atomic E-state index is 15.4. The van der Waals surface area contributed by atoms with Crippen LogP contribution in [-0.4, -0.2) is 101 Å². The molecule has 5 heterocycles. The van der Waals surface area contributed by atoms with Gasteiger partial charge in [-0.3, -0.25) is 19.2 Å². The minimum absolute atomic E-state index is 0.0834. The molecule has 292 valence electrons. The van der Waals surface area contributed by atoms with E-state index in [1.807, 2.05) is 72.8 Å². The van der Waals surface area contributed by atoms with Crippen molar-refractivity contribution in [1.29, 1.82) is 0 Å². The van der Waals surface area contributed by atoms with Crippen LogP contribution >= 0.6 is 0 Å². The van der Waals surface area contributed by atoms with E-state index in [2.05, 4.69) is 29.6 Å². The van der Waals surface area contributed by atoms with Crippen LogP contribution in [0.4, 0.5) is 0 Å². The van der Waals surface area contributed by atoms with Gasteiger partial charge in [-0.1, -0.05) is 97.1 Å². The Hall–Kier alpha value is -4.43. The molecule has 2 N–H and O–H groups in total. The van der Waals surface area contributed by atoms with Crippen molar-refractivity contribution in [2.75, 3.05) is 19.7 Å². The Kier molecular flexibility index (Phi) is 9.11. The number of carbonyl (C=O) groups excluding carboxylic acids is 3. The number of nitrogens with zero attached hydrogens (tertiary/aromatic N) is 2. The maximum atomic E-state index is 15.4. The summed E-state index contributed by atoms with van der Waals surface area (Å²) in [5.74, 6) is -2.08. The molecule has 0 radical (unpaired) electrons. The number of hydroxylamine groups is 2. The van der Waals surface area contributed by atoms with E-state index in [1.165, 1.54) is 0 Å². The smallest absolute Gasteiger partial charge is 0.327 e. The largest absolute Gasteiger partial charge is 0.458 e. The van der Waals surface area contributed by atoms with Gasteiger partial charge in [-0.2, -0.15) is 5.06 Å². The number of carbonyl (C=O) groups is 3. The van der Waals surface area contributed by atoms with Gasteiger partial charge in [-0.25, -0.2) is 0 Å². The number of hydrogen-bond acceptors (Lipinski definition) is 10. The van der Waals surface area contributed by atoms with E-state index in [0.29, 0.717) is 37.5 Å². The molecule has 7 fully saturated rings. The van der Waals surface area contributed by atoms with E-state index >= 15 is 4.79 Å². The number of hydrogen-bond donors (Lipinski definition) is 2. The number of aliphatic hydroxyl groups excluding tert-OH is 1. The van der Waals surface area contributed by atoms with Crippen molar-refractivity contribution in [3.8, 4) is 0 Å². The summed E-state index contributed by atoms with van der Waals surface area (Å²) in [6, 6.07) is 25.6. The average Bonchev–Trinajstić information content (AvgIpc) is 3.51. The number of aliphatic hydroxyl groups is 1. The van der Waals surface area contributed by atoms with Crippen molar-refractivity contribution in [1.82, 2.24) is 15.3 Å². The number of fused-ring (bicyclic) bond motifs is 5. The molecule has 10 atom stereocenters. The van der Waals surface area contributed by atoms with Gasteiger partial charge in [-0.05, 0) is 49.1 Å². The third-order valence-electron chi connectivity index (χ3n) is 13.0. The minimum Gasteiger partial charge on any atom is -0.458 e. The van der Waals surface area contributed by atoms with Crippen LogP contribution in [0.1, 0.15) is 60.8 Å². The van der Waals surface area contributed by atoms with Crippen molar-refractivity contribution in [2.45, 2.75) is 99.6 Å². The maximum Gasteiger partial charge on any atom is 0.327 e. The number of likely N-dealkylation sites (tertiary alicyclic amines) is 1. The minimum atomic E-state index is -1.43. The van der Waals surface area contributed by atoms with Crippen molar-refractivity contribution < 1.29 is 43.3 Å². The zero-order chi connectivity index (χ0) is 38.0. The summed E-state index contributed by atoms with van der Waals surface area (Å²) in [6.07, 6.45) is 6.62. The highest BCUT2D eigenvalue weighted by atomic mass is 16.8. The second kappa shape index (κ2) is 14.2. The van der Waals surface area contributed by atoms with Crippen molar-refractivity contribution in [2.24, 2.45) is 11.3 Å². The third-order valence-corrected chi connectivity index (χ3v) is 13.0. The van der Waals surface area contributed by atoms with Gasteiger partial charge < -0.3 is 34.3 Å². The van der Waals surface area contributed by atoms with Crippen LogP contribution in [0, 0.1) is 11.3 Å². The van der Waals surface area contributed by atoms with Crippen LogP contribution in [0.15, 0.2) is 91.0 Å². The summed E-state index contributed by atoms with van der Waals surface area (Å²) in [4.78, 5) is 51.6. The summed E-state index contributed by atoms with van der Waals surface area (Å²) in [7, 11) is 0. The Morgan fingerprint density at radius 3 is 2.32 bits per heavy atom. The molecule has 12 heteroatoms. The number of esters is 1. The zero-order valence-electron chi connectivity index (χ0n) is 31.1. The SMILES string of the molecule is O=C(NCCO)[C@H]1CCCN1C(=O)[C@@]12C[C@H]3OC(=O)[C@@H]1N(Cc1ccc(C=CC4CCC5OC5C4)cc1)O[C@@H]2[C@H]1OC(c2ccccc2)(c2ccccc2)O[C@H]13. The molecule has 3 aromatic carbocycles. The highest BCUT2D eigenvalue weighted by Gasteiger charge is 2.77. The molecule has 3 unspecified atom stereocenters. The highest BCUT2D eigenvalue weighted by molar-refractivity contribution is 5.96. The summed E-state index contributed by atoms with van der Waals surface area (Å²) in [6.45, 7) is 0.435. The molecule has 2 amide bonds. The second-order valence-corrected chi connectivity index (χ2v) is 16.3. The van der Waals surface area contributed by atoms with E-state index < -0.39 is 53.7 Å². The van der Waals surface area contributed by atoms with Crippen LogP contribution < -0.4 is 5.32 Å². The number of epoxide rings is 1. The Labute approximate surface area is 325 Å². The van der Waals surface area contributed by atoms with E-state index in [0.717, 1.165) is 41.5 Å². The van der Waals surface area contributed by atoms with Gasteiger partial charge in [0, 0.05) is 30.6 Å². The molecule has 0 spiro atoms. The topological polar surface area (TPSA) is 139 Å². The predicted molar refractivity (Wildman–Crippen MR) is 201 cm³/mol. The fourth-order valence-electron chi connectivity index (χ4n) is 10.3. The summed E-state index contributed by atoms with van der Waals surface area (Å²) >= 11 is 0. The van der Waals surface area contributed by atoms with Crippen molar-refractivity contribution in [3.05, 3.63) is 113 Å². The van der Waals surface area contributed by atoms with Gasteiger partial charge in [0.15, 0.2) is 6.04 Å². The molecular formula is C44H47N3O9. The lowest BCUT2D eigenvalue weighted by atomic mass is 9.62. The average molecular weight is 762 g/mol. The van der Waals surface area contributed by atoms with E-state index in [9.17, 15) is 14.7 Å². The Morgan fingerprint density at radius 2 is 1.61 bits per heavy atom. The molecule has 2 bridgehead atoms. The first kappa shape index (κ1) is 35.9. The monoisotopic (exact) mass is 761 g/mol. The predicted octanol–water partition coefficient (Wildman–Crippen LogP) is 3.85. The van der Waals surface area contributed by atoms with Gasteiger partial charge in [0.1, 0.15) is 35.9 Å². The lowest BCUT2D eigenvalue weighted by Gasteiger charge is -2.50. The lowest BCUT2D eigenvalue weighted by molar-refractivity contribution is -0.214. The number of allylic oxidation sites excluding steroid dienone is 1. The Morgan fingerprint density at radius 1 is 0.875 bits per heavy atom. The molecule has 10 rings (SSSR count). The molecule has 12 nitrogen and oxygen atoms in total. The molecule has 2 saturated carbocycles.